The molecule has 0 fully saturated rings. The van der Waals surface area contributed by atoms with E-state index in [0.29, 0.717) is 17.1 Å². The van der Waals surface area contributed by atoms with Crippen molar-refractivity contribution >= 4 is 40.8 Å². The Balaban J connectivity index is 1.38. The first kappa shape index (κ1) is 24.4. The van der Waals surface area contributed by atoms with E-state index in [1.54, 1.807) is 66.7 Å². The van der Waals surface area contributed by atoms with Gasteiger partial charge in [-0.1, -0.05) is 30.3 Å². The third-order valence-electron chi connectivity index (χ3n) is 5.48. The fourth-order valence-corrected chi connectivity index (χ4v) is 3.55. The highest BCUT2D eigenvalue weighted by Crippen LogP contribution is 2.21. The maximum atomic E-state index is 12.8. The molecule has 0 unspecified atom stereocenters. The highest BCUT2D eigenvalue weighted by Gasteiger charge is 2.27. The first-order valence-electron chi connectivity index (χ1n) is 11.2. The summed E-state index contributed by atoms with van der Waals surface area (Å²) in [7, 11) is 1.49. The Bertz CT molecular complexity index is 1290. The van der Waals surface area contributed by atoms with Crippen LogP contribution in [0.4, 0.5) is 11.4 Å². The van der Waals surface area contributed by atoms with Gasteiger partial charge in [0.2, 0.25) is 5.91 Å². The molecule has 3 amide bonds. The summed E-state index contributed by atoms with van der Waals surface area (Å²) in [6, 6.07) is 18.8. The number of hydrogen-bond acceptors (Lipinski definition) is 7. The summed E-state index contributed by atoms with van der Waals surface area (Å²) in [5.41, 5.74) is 1.21. The molecule has 0 bridgehead atoms. The molecule has 0 atom stereocenters. The Hall–Kier alpha value is -4.73. The standard InChI is InChI=1S/C26H24N4O6/c1-29(22-12-6-5-11-20(22)25(33)27-16-19-10-7-15-35-19)24(32)17-36-26(34)21-13-14-23(31)30(28-21)18-8-3-2-4-9-18/h2-12,15H,13-14,16-17H2,1H3,(H,27,33). The molecule has 0 aliphatic carbocycles. The van der Waals surface area contributed by atoms with Crippen LogP contribution in [0.1, 0.15) is 29.0 Å². The van der Waals surface area contributed by atoms with Crippen LogP contribution in [0.2, 0.25) is 0 Å². The summed E-state index contributed by atoms with van der Waals surface area (Å²) in [5.74, 6) is -1.36. The van der Waals surface area contributed by atoms with Gasteiger partial charge in [-0.05, 0) is 36.4 Å². The molecule has 36 heavy (non-hydrogen) atoms. The maximum absolute atomic E-state index is 12.8. The Kier molecular flexibility index (Phi) is 7.54. The van der Waals surface area contributed by atoms with Crippen molar-refractivity contribution in [3.05, 3.63) is 84.3 Å². The molecule has 10 heteroatoms. The zero-order valence-electron chi connectivity index (χ0n) is 19.5. The van der Waals surface area contributed by atoms with E-state index < -0.39 is 18.5 Å². The summed E-state index contributed by atoms with van der Waals surface area (Å²) in [4.78, 5) is 51.6. The number of para-hydroxylation sites is 2. The molecule has 2 heterocycles. The van der Waals surface area contributed by atoms with E-state index in [9.17, 15) is 19.2 Å². The van der Waals surface area contributed by atoms with Gasteiger partial charge in [0, 0.05) is 19.9 Å². The number of hydrazone groups is 1. The zero-order valence-corrected chi connectivity index (χ0v) is 19.5. The number of anilines is 2. The monoisotopic (exact) mass is 488 g/mol. The largest absolute Gasteiger partial charge is 0.467 e. The number of nitrogens with one attached hydrogen (secondary N) is 1. The van der Waals surface area contributed by atoms with E-state index in [1.807, 2.05) is 0 Å². The molecule has 1 N–H and O–H groups in total. The third kappa shape index (κ3) is 5.66. The van der Waals surface area contributed by atoms with Gasteiger partial charge in [-0.15, -0.1) is 0 Å². The van der Waals surface area contributed by atoms with Crippen molar-refractivity contribution in [3.63, 3.8) is 0 Å². The second-order valence-corrected chi connectivity index (χ2v) is 7.90. The van der Waals surface area contributed by atoms with E-state index in [-0.39, 0.29) is 42.5 Å². The predicted molar refractivity (Wildman–Crippen MR) is 131 cm³/mol. The van der Waals surface area contributed by atoms with Crippen molar-refractivity contribution in [2.75, 3.05) is 23.6 Å². The number of nitrogens with zero attached hydrogens (tertiary/aromatic N) is 3. The number of esters is 1. The molecule has 1 aliphatic heterocycles. The smallest absolute Gasteiger partial charge is 0.355 e. The minimum Gasteiger partial charge on any atom is -0.467 e. The highest BCUT2D eigenvalue weighted by atomic mass is 16.5. The van der Waals surface area contributed by atoms with Crippen LogP contribution in [0.15, 0.2) is 82.5 Å². The summed E-state index contributed by atoms with van der Waals surface area (Å²) in [5, 5.41) is 8.04. The lowest BCUT2D eigenvalue weighted by Gasteiger charge is -2.23. The van der Waals surface area contributed by atoms with E-state index in [2.05, 4.69) is 10.4 Å². The lowest BCUT2D eigenvalue weighted by molar-refractivity contribution is -0.141. The number of ether oxygens (including phenoxy) is 1. The Morgan fingerprint density at radius 1 is 1.03 bits per heavy atom. The summed E-state index contributed by atoms with van der Waals surface area (Å²) >= 11 is 0. The molecule has 0 saturated heterocycles. The van der Waals surface area contributed by atoms with Gasteiger partial charge >= 0.3 is 5.97 Å². The topological polar surface area (TPSA) is 122 Å². The zero-order chi connectivity index (χ0) is 25.5. The van der Waals surface area contributed by atoms with Crippen molar-refractivity contribution < 1.29 is 28.3 Å². The maximum Gasteiger partial charge on any atom is 0.355 e. The van der Waals surface area contributed by atoms with Gasteiger partial charge in [0.15, 0.2) is 6.61 Å². The number of hydrogen-bond donors (Lipinski definition) is 1. The van der Waals surface area contributed by atoms with Crippen LogP contribution in [0.25, 0.3) is 0 Å². The van der Waals surface area contributed by atoms with Gasteiger partial charge in [0.1, 0.15) is 11.5 Å². The van der Waals surface area contributed by atoms with Crippen LogP contribution >= 0.6 is 0 Å². The van der Waals surface area contributed by atoms with Crippen molar-refractivity contribution in [1.82, 2.24) is 5.32 Å². The lowest BCUT2D eigenvalue weighted by atomic mass is 10.1. The predicted octanol–water partition coefficient (Wildman–Crippen LogP) is 2.90. The molecule has 4 rings (SSSR count). The first-order valence-corrected chi connectivity index (χ1v) is 11.2. The molecule has 0 radical (unpaired) electrons. The van der Waals surface area contributed by atoms with Crippen LogP contribution in [-0.4, -0.2) is 43.1 Å². The van der Waals surface area contributed by atoms with Gasteiger partial charge in [0.05, 0.1) is 29.7 Å². The van der Waals surface area contributed by atoms with Gasteiger partial charge in [-0.25, -0.2) is 9.80 Å². The Morgan fingerprint density at radius 2 is 1.78 bits per heavy atom. The Morgan fingerprint density at radius 3 is 2.53 bits per heavy atom. The van der Waals surface area contributed by atoms with Crippen LogP contribution in [-0.2, 0) is 25.7 Å². The fraction of sp³-hybridized carbons (Fsp3) is 0.192. The summed E-state index contributed by atoms with van der Waals surface area (Å²) in [6.07, 6.45) is 1.72. The third-order valence-corrected chi connectivity index (χ3v) is 5.48. The molecular weight excluding hydrogens is 464 g/mol. The molecule has 0 saturated carbocycles. The second-order valence-electron chi connectivity index (χ2n) is 7.90. The van der Waals surface area contributed by atoms with Gasteiger partial charge < -0.3 is 19.4 Å². The van der Waals surface area contributed by atoms with Crippen LogP contribution in [0.5, 0.6) is 0 Å². The second kappa shape index (κ2) is 11.1. The number of carbonyl (C=O) groups excluding carboxylic acids is 4. The van der Waals surface area contributed by atoms with E-state index in [4.69, 9.17) is 9.15 Å². The molecule has 0 spiro atoms. The average molecular weight is 489 g/mol. The number of likely N-dealkylation sites (N-methyl/N-ethyl adjacent to an activating group) is 1. The van der Waals surface area contributed by atoms with Crippen molar-refractivity contribution in [1.29, 1.82) is 0 Å². The van der Waals surface area contributed by atoms with Crippen molar-refractivity contribution in [3.8, 4) is 0 Å². The molecule has 10 nitrogen and oxygen atoms in total. The fourth-order valence-electron chi connectivity index (χ4n) is 3.55. The van der Waals surface area contributed by atoms with Gasteiger partial charge in [-0.3, -0.25) is 14.4 Å². The molecule has 3 aromatic rings. The number of amides is 3. The highest BCUT2D eigenvalue weighted by molar-refractivity contribution is 6.38. The quantitative estimate of drug-likeness (QED) is 0.487. The SMILES string of the molecule is CN(C(=O)COC(=O)C1=NN(c2ccccc2)C(=O)CC1)c1ccccc1C(=O)NCc1ccco1. The molecule has 1 aliphatic rings. The number of benzene rings is 2. The van der Waals surface area contributed by atoms with Gasteiger partial charge in [0.25, 0.3) is 11.8 Å². The minimum absolute atomic E-state index is 0.0478. The molecule has 2 aromatic carbocycles. The minimum atomic E-state index is -0.783. The van der Waals surface area contributed by atoms with E-state index in [1.165, 1.54) is 18.2 Å². The normalized spacial score (nSPS) is 13.1. The molecule has 184 valence electrons. The van der Waals surface area contributed by atoms with Crippen molar-refractivity contribution in [2.24, 2.45) is 5.10 Å². The molecular formula is C26H24N4O6. The average Bonchev–Trinajstić information content (AvgIpc) is 3.44. The summed E-state index contributed by atoms with van der Waals surface area (Å²) in [6.45, 7) is -0.365. The number of furan rings is 1. The van der Waals surface area contributed by atoms with Crippen LogP contribution in [0, 0.1) is 0 Å². The van der Waals surface area contributed by atoms with Gasteiger partial charge in [-0.2, -0.15) is 5.10 Å². The molecule has 1 aromatic heterocycles. The van der Waals surface area contributed by atoms with E-state index >= 15 is 0 Å². The Labute approximate surface area is 207 Å². The number of carbonyl (C=O) groups is 4. The first-order chi connectivity index (χ1) is 17.4. The van der Waals surface area contributed by atoms with Crippen molar-refractivity contribution in [2.45, 2.75) is 19.4 Å². The van der Waals surface area contributed by atoms with Crippen LogP contribution in [0.3, 0.4) is 0 Å². The van der Waals surface area contributed by atoms with Crippen LogP contribution < -0.4 is 15.2 Å². The van der Waals surface area contributed by atoms with E-state index in [0.717, 1.165) is 5.01 Å². The summed E-state index contributed by atoms with van der Waals surface area (Å²) < 4.78 is 10.4. The lowest BCUT2D eigenvalue weighted by Crippen LogP contribution is -2.37. The number of rotatable bonds is 8.